The van der Waals surface area contributed by atoms with E-state index in [0.29, 0.717) is 11.5 Å². The highest BCUT2D eigenvalue weighted by molar-refractivity contribution is 4.91. The number of hydrogen-bond acceptors (Lipinski definition) is 3. The Morgan fingerprint density at radius 3 is 2.47 bits per heavy atom. The van der Waals surface area contributed by atoms with Crippen LogP contribution in [0.25, 0.3) is 0 Å². The van der Waals surface area contributed by atoms with Gasteiger partial charge in [0.15, 0.2) is 0 Å². The standard InChI is InChI=1S/C16H33N3/c1-16(2)12-17-10-15(11-18(3)4)19(13-16)14-8-6-5-7-9-14/h14-15,17H,5-13H2,1-4H3. The van der Waals surface area contributed by atoms with E-state index in [1.54, 1.807) is 0 Å². The molecule has 0 aromatic carbocycles. The van der Waals surface area contributed by atoms with Crippen LogP contribution in [0, 0.1) is 5.41 Å². The second-order valence-electron chi connectivity index (χ2n) is 7.68. The molecule has 1 aliphatic heterocycles. The van der Waals surface area contributed by atoms with Gasteiger partial charge in [0, 0.05) is 38.3 Å². The third-order valence-corrected chi connectivity index (χ3v) is 4.68. The summed E-state index contributed by atoms with van der Waals surface area (Å²) in [7, 11) is 4.41. The minimum absolute atomic E-state index is 0.401. The first kappa shape index (κ1) is 15.3. The van der Waals surface area contributed by atoms with Gasteiger partial charge in [-0.15, -0.1) is 0 Å². The second-order valence-corrected chi connectivity index (χ2v) is 7.68. The van der Waals surface area contributed by atoms with Crippen LogP contribution in [0.2, 0.25) is 0 Å². The SMILES string of the molecule is CN(C)CC1CNCC(C)(C)CN1C1CCCCC1. The zero-order chi connectivity index (χ0) is 13.9. The maximum atomic E-state index is 3.69. The largest absolute Gasteiger partial charge is 0.315 e. The van der Waals surface area contributed by atoms with Gasteiger partial charge in [-0.1, -0.05) is 33.1 Å². The Morgan fingerprint density at radius 1 is 1.16 bits per heavy atom. The van der Waals surface area contributed by atoms with Crippen molar-refractivity contribution in [1.82, 2.24) is 15.1 Å². The van der Waals surface area contributed by atoms with Gasteiger partial charge >= 0.3 is 0 Å². The van der Waals surface area contributed by atoms with E-state index >= 15 is 0 Å². The van der Waals surface area contributed by atoms with Gasteiger partial charge < -0.3 is 10.2 Å². The first-order valence-electron chi connectivity index (χ1n) is 8.09. The molecule has 19 heavy (non-hydrogen) atoms. The van der Waals surface area contributed by atoms with E-state index in [4.69, 9.17) is 0 Å². The van der Waals surface area contributed by atoms with Gasteiger partial charge in [0.05, 0.1) is 0 Å². The summed E-state index contributed by atoms with van der Waals surface area (Å²) >= 11 is 0. The fourth-order valence-corrected chi connectivity index (χ4v) is 3.80. The van der Waals surface area contributed by atoms with Gasteiger partial charge in [0.1, 0.15) is 0 Å². The molecule has 3 heteroatoms. The Bertz CT molecular complexity index is 269. The quantitative estimate of drug-likeness (QED) is 0.845. The summed E-state index contributed by atoms with van der Waals surface area (Å²) in [6.07, 6.45) is 7.15. The Kier molecular flexibility index (Phi) is 5.27. The summed E-state index contributed by atoms with van der Waals surface area (Å²) in [5.41, 5.74) is 0.401. The number of nitrogens with zero attached hydrogens (tertiary/aromatic N) is 2. The van der Waals surface area contributed by atoms with Crippen LogP contribution in [0.3, 0.4) is 0 Å². The predicted octanol–water partition coefficient (Wildman–Crippen LogP) is 2.18. The molecule has 1 saturated carbocycles. The lowest BCUT2D eigenvalue weighted by Crippen LogP contribution is -2.52. The molecule has 0 spiro atoms. The molecule has 112 valence electrons. The van der Waals surface area contributed by atoms with Crippen molar-refractivity contribution in [3.05, 3.63) is 0 Å². The van der Waals surface area contributed by atoms with E-state index in [1.807, 2.05) is 0 Å². The summed E-state index contributed by atoms with van der Waals surface area (Å²) in [6.45, 7) is 9.56. The fraction of sp³-hybridized carbons (Fsp3) is 1.00. The smallest absolute Gasteiger partial charge is 0.0350 e. The summed E-state index contributed by atoms with van der Waals surface area (Å²) in [5.74, 6) is 0. The van der Waals surface area contributed by atoms with Gasteiger partial charge in [-0.2, -0.15) is 0 Å². The maximum absolute atomic E-state index is 3.69. The second kappa shape index (κ2) is 6.55. The van der Waals surface area contributed by atoms with Crippen LogP contribution in [-0.2, 0) is 0 Å². The van der Waals surface area contributed by atoms with E-state index in [-0.39, 0.29) is 0 Å². The molecule has 1 saturated heterocycles. The van der Waals surface area contributed by atoms with Crippen molar-refractivity contribution in [2.24, 2.45) is 5.41 Å². The van der Waals surface area contributed by atoms with Crippen LogP contribution in [0.15, 0.2) is 0 Å². The molecule has 0 bridgehead atoms. The zero-order valence-corrected chi connectivity index (χ0v) is 13.4. The van der Waals surface area contributed by atoms with Crippen molar-refractivity contribution >= 4 is 0 Å². The van der Waals surface area contributed by atoms with Crippen LogP contribution < -0.4 is 5.32 Å². The number of nitrogens with one attached hydrogen (secondary N) is 1. The average Bonchev–Trinajstić information content (AvgIpc) is 2.49. The molecule has 1 N–H and O–H groups in total. The van der Waals surface area contributed by atoms with Gasteiger partial charge in [-0.25, -0.2) is 0 Å². The number of rotatable bonds is 3. The van der Waals surface area contributed by atoms with Crippen LogP contribution in [0.5, 0.6) is 0 Å². The molecular formula is C16H33N3. The van der Waals surface area contributed by atoms with E-state index < -0.39 is 0 Å². The molecule has 0 radical (unpaired) electrons. The first-order chi connectivity index (χ1) is 8.98. The van der Waals surface area contributed by atoms with Crippen LogP contribution in [0.1, 0.15) is 46.0 Å². The third-order valence-electron chi connectivity index (χ3n) is 4.68. The van der Waals surface area contributed by atoms with Crippen LogP contribution >= 0.6 is 0 Å². The first-order valence-corrected chi connectivity index (χ1v) is 8.09. The molecule has 2 rings (SSSR count). The number of hydrogen-bond donors (Lipinski definition) is 1. The Hall–Kier alpha value is -0.120. The summed E-state index contributed by atoms with van der Waals surface area (Å²) in [5, 5.41) is 3.69. The van der Waals surface area contributed by atoms with Crippen molar-refractivity contribution in [2.45, 2.75) is 58.0 Å². The lowest BCUT2D eigenvalue weighted by atomic mass is 9.88. The van der Waals surface area contributed by atoms with Crippen LogP contribution in [-0.4, -0.2) is 62.2 Å². The zero-order valence-electron chi connectivity index (χ0n) is 13.4. The monoisotopic (exact) mass is 267 g/mol. The predicted molar refractivity (Wildman–Crippen MR) is 82.6 cm³/mol. The van der Waals surface area contributed by atoms with Crippen molar-refractivity contribution in [2.75, 3.05) is 40.3 Å². The highest BCUT2D eigenvalue weighted by atomic mass is 15.3. The lowest BCUT2D eigenvalue weighted by Gasteiger charge is -2.42. The Labute approximate surface area is 119 Å². The van der Waals surface area contributed by atoms with Crippen molar-refractivity contribution in [3.8, 4) is 0 Å². The summed E-state index contributed by atoms with van der Waals surface area (Å²) < 4.78 is 0. The molecule has 1 unspecified atom stereocenters. The van der Waals surface area contributed by atoms with Crippen LogP contribution in [0.4, 0.5) is 0 Å². The van der Waals surface area contributed by atoms with Gasteiger partial charge in [0.25, 0.3) is 0 Å². The summed E-state index contributed by atoms with van der Waals surface area (Å²) in [4.78, 5) is 5.19. The average molecular weight is 267 g/mol. The highest BCUT2D eigenvalue weighted by Crippen LogP contribution is 2.29. The minimum Gasteiger partial charge on any atom is -0.315 e. The normalized spacial score (nSPS) is 30.5. The molecule has 3 nitrogen and oxygen atoms in total. The topological polar surface area (TPSA) is 18.5 Å². The van der Waals surface area contributed by atoms with E-state index in [0.717, 1.165) is 19.1 Å². The van der Waals surface area contributed by atoms with Gasteiger partial charge in [-0.3, -0.25) is 4.90 Å². The van der Waals surface area contributed by atoms with Crippen molar-refractivity contribution in [1.29, 1.82) is 0 Å². The van der Waals surface area contributed by atoms with Crippen molar-refractivity contribution in [3.63, 3.8) is 0 Å². The van der Waals surface area contributed by atoms with E-state index in [9.17, 15) is 0 Å². The summed E-state index contributed by atoms with van der Waals surface area (Å²) in [6, 6.07) is 1.51. The van der Waals surface area contributed by atoms with Gasteiger partial charge in [-0.05, 0) is 32.4 Å². The molecule has 0 amide bonds. The molecule has 1 aliphatic carbocycles. The van der Waals surface area contributed by atoms with E-state index in [2.05, 4.69) is 43.1 Å². The lowest BCUT2D eigenvalue weighted by molar-refractivity contribution is 0.0681. The minimum atomic E-state index is 0.401. The number of likely N-dealkylation sites (N-methyl/N-ethyl adjacent to an activating group) is 1. The molecule has 1 atom stereocenters. The molecule has 1 heterocycles. The van der Waals surface area contributed by atoms with Crippen molar-refractivity contribution < 1.29 is 0 Å². The highest BCUT2D eigenvalue weighted by Gasteiger charge is 2.34. The Balaban J connectivity index is 2.09. The molecular weight excluding hydrogens is 234 g/mol. The molecule has 0 aromatic heterocycles. The molecule has 2 aliphatic rings. The van der Waals surface area contributed by atoms with Gasteiger partial charge in [0.2, 0.25) is 0 Å². The molecule has 0 aromatic rings. The maximum Gasteiger partial charge on any atom is 0.0350 e. The molecule has 2 fully saturated rings. The van der Waals surface area contributed by atoms with E-state index in [1.165, 1.54) is 45.2 Å². The Morgan fingerprint density at radius 2 is 1.84 bits per heavy atom. The third kappa shape index (κ3) is 4.44. The fourth-order valence-electron chi connectivity index (χ4n) is 3.80.